The number of aldehydes is 1. The minimum absolute atomic E-state index is 0.0544. The SMILES string of the molecule is CCc1cc2c(c(OCCF)c(C=O)n2C)c(=O)n1CC(=O)c1ccccc1. The van der Waals surface area contributed by atoms with Gasteiger partial charge in [0, 0.05) is 18.3 Å². The van der Waals surface area contributed by atoms with E-state index in [4.69, 9.17) is 4.74 Å². The number of ether oxygens (including phenoxy) is 1. The number of ketones is 1. The summed E-state index contributed by atoms with van der Waals surface area (Å²) < 4.78 is 21.0. The molecule has 0 saturated heterocycles. The van der Waals surface area contributed by atoms with Crippen LogP contribution in [0.15, 0.2) is 41.2 Å². The lowest BCUT2D eigenvalue weighted by Gasteiger charge is -2.12. The van der Waals surface area contributed by atoms with E-state index in [0.717, 1.165) is 0 Å². The molecule has 0 bridgehead atoms. The Kier molecular flexibility index (Phi) is 5.73. The van der Waals surface area contributed by atoms with Gasteiger partial charge < -0.3 is 13.9 Å². The summed E-state index contributed by atoms with van der Waals surface area (Å²) in [6.07, 6.45) is 1.10. The van der Waals surface area contributed by atoms with Crippen molar-refractivity contribution in [2.45, 2.75) is 19.9 Å². The predicted octanol–water partition coefficient (Wildman–Crippen LogP) is 2.95. The van der Waals surface area contributed by atoms with Gasteiger partial charge in [-0.1, -0.05) is 37.3 Å². The highest BCUT2D eigenvalue weighted by atomic mass is 19.1. The molecule has 0 saturated carbocycles. The van der Waals surface area contributed by atoms with Gasteiger partial charge in [0.2, 0.25) is 0 Å². The molecule has 3 rings (SSSR count). The Morgan fingerprint density at radius 2 is 1.96 bits per heavy atom. The van der Waals surface area contributed by atoms with Crippen molar-refractivity contribution in [2.75, 3.05) is 13.3 Å². The van der Waals surface area contributed by atoms with Gasteiger partial charge in [-0.15, -0.1) is 0 Å². The monoisotopic (exact) mass is 384 g/mol. The first-order valence-electron chi connectivity index (χ1n) is 9.00. The van der Waals surface area contributed by atoms with E-state index in [1.165, 1.54) is 4.57 Å². The van der Waals surface area contributed by atoms with Crippen LogP contribution in [-0.4, -0.2) is 34.5 Å². The van der Waals surface area contributed by atoms with E-state index in [1.807, 2.05) is 13.0 Å². The van der Waals surface area contributed by atoms with Crippen molar-refractivity contribution in [2.24, 2.45) is 7.05 Å². The second-order valence-corrected chi connectivity index (χ2v) is 6.36. The Balaban J connectivity index is 2.20. The first-order chi connectivity index (χ1) is 13.5. The Hall–Kier alpha value is -3.22. The van der Waals surface area contributed by atoms with Crippen molar-refractivity contribution in [3.8, 4) is 5.75 Å². The summed E-state index contributed by atoms with van der Waals surface area (Å²) in [7, 11) is 1.65. The Labute approximate surface area is 161 Å². The number of rotatable bonds is 8. The molecular formula is C21H21FN2O4. The number of hydrogen-bond acceptors (Lipinski definition) is 4. The van der Waals surface area contributed by atoms with Gasteiger partial charge in [0.15, 0.2) is 17.8 Å². The van der Waals surface area contributed by atoms with E-state index in [1.54, 1.807) is 41.9 Å². The molecule has 0 aliphatic carbocycles. The number of pyridine rings is 1. The molecule has 0 amide bonds. The third kappa shape index (κ3) is 3.35. The van der Waals surface area contributed by atoms with Gasteiger partial charge in [-0.25, -0.2) is 4.39 Å². The highest BCUT2D eigenvalue weighted by Gasteiger charge is 2.23. The molecule has 2 aromatic heterocycles. The summed E-state index contributed by atoms with van der Waals surface area (Å²) in [6, 6.07) is 10.5. The maximum atomic E-state index is 13.2. The number of halogens is 1. The minimum Gasteiger partial charge on any atom is -0.488 e. The zero-order valence-electron chi connectivity index (χ0n) is 15.8. The number of benzene rings is 1. The third-order valence-corrected chi connectivity index (χ3v) is 4.74. The molecule has 2 heterocycles. The molecule has 28 heavy (non-hydrogen) atoms. The average Bonchev–Trinajstić information content (AvgIpc) is 2.99. The number of hydrogen-bond donors (Lipinski definition) is 0. The van der Waals surface area contributed by atoms with Gasteiger partial charge in [-0.05, 0) is 12.5 Å². The van der Waals surface area contributed by atoms with E-state index >= 15 is 0 Å². The van der Waals surface area contributed by atoms with Crippen molar-refractivity contribution in [3.63, 3.8) is 0 Å². The summed E-state index contributed by atoms with van der Waals surface area (Å²) in [6.45, 7) is 0.740. The molecule has 0 spiro atoms. The molecule has 0 radical (unpaired) electrons. The second kappa shape index (κ2) is 8.21. The van der Waals surface area contributed by atoms with E-state index in [0.29, 0.717) is 29.5 Å². The summed E-state index contributed by atoms with van der Waals surface area (Å²) in [5.74, 6) is -0.145. The standard InChI is InChI=1S/C21H21FN2O4/c1-3-15-11-16-19(20(28-10-9-22)17(13-25)23(16)2)21(27)24(15)12-18(26)14-7-5-4-6-8-14/h4-8,11,13H,3,9-10,12H2,1-2H3. The van der Waals surface area contributed by atoms with Gasteiger partial charge in [-0.2, -0.15) is 0 Å². The zero-order valence-corrected chi connectivity index (χ0v) is 15.8. The van der Waals surface area contributed by atoms with E-state index in [9.17, 15) is 18.8 Å². The largest absolute Gasteiger partial charge is 0.488 e. The van der Waals surface area contributed by atoms with Crippen LogP contribution in [-0.2, 0) is 20.0 Å². The summed E-state index contributed by atoms with van der Waals surface area (Å²) in [5, 5.41) is 0.177. The zero-order chi connectivity index (χ0) is 20.3. The van der Waals surface area contributed by atoms with Gasteiger partial charge >= 0.3 is 0 Å². The highest BCUT2D eigenvalue weighted by Crippen LogP contribution is 2.30. The lowest BCUT2D eigenvalue weighted by molar-refractivity contribution is 0.0969. The quantitative estimate of drug-likeness (QED) is 0.442. The molecule has 146 valence electrons. The average molecular weight is 384 g/mol. The van der Waals surface area contributed by atoms with Crippen molar-refractivity contribution < 1.29 is 18.7 Å². The minimum atomic E-state index is -0.748. The summed E-state index contributed by atoms with van der Waals surface area (Å²) in [5.41, 5.74) is 1.41. The number of carbonyl (C=O) groups is 2. The van der Waals surface area contributed by atoms with Crippen LogP contribution < -0.4 is 10.3 Å². The van der Waals surface area contributed by atoms with Crippen LogP contribution in [0.1, 0.15) is 33.5 Å². The fraction of sp³-hybridized carbons (Fsp3) is 0.286. The predicted molar refractivity (Wildman–Crippen MR) is 104 cm³/mol. The van der Waals surface area contributed by atoms with Crippen molar-refractivity contribution in [1.29, 1.82) is 0 Å². The van der Waals surface area contributed by atoms with Crippen LogP contribution >= 0.6 is 0 Å². The number of Topliss-reactive ketones (excluding diaryl/α,β-unsaturated/α-hetero) is 1. The number of aromatic nitrogens is 2. The fourth-order valence-corrected chi connectivity index (χ4v) is 3.32. The molecule has 1 aromatic carbocycles. The van der Waals surface area contributed by atoms with Crippen LogP contribution in [0.2, 0.25) is 0 Å². The number of alkyl halides is 1. The first-order valence-corrected chi connectivity index (χ1v) is 9.00. The normalized spacial score (nSPS) is 11.0. The Bertz CT molecular complexity index is 1080. The molecule has 0 aliphatic heterocycles. The van der Waals surface area contributed by atoms with Crippen molar-refractivity contribution in [3.05, 3.63) is 63.7 Å². The van der Waals surface area contributed by atoms with Gasteiger partial charge in [0.05, 0.1) is 12.1 Å². The number of fused-ring (bicyclic) bond motifs is 1. The van der Waals surface area contributed by atoms with E-state index < -0.39 is 12.2 Å². The lowest BCUT2D eigenvalue weighted by Crippen LogP contribution is -2.27. The highest BCUT2D eigenvalue weighted by molar-refractivity contribution is 5.98. The second-order valence-electron chi connectivity index (χ2n) is 6.36. The van der Waals surface area contributed by atoms with E-state index in [2.05, 4.69) is 0 Å². The topological polar surface area (TPSA) is 70.3 Å². The van der Waals surface area contributed by atoms with Crippen LogP contribution in [0.5, 0.6) is 5.75 Å². The fourth-order valence-electron chi connectivity index (χ4n) is 3.32. The molecule has 0 atom stereocenters. The van der Waals surface area contributed by atoms with Crippen LogP contribution in [0.3, 0.4) is 0 Å². The maximum absolute atomic E-state index is 13.2. The van der Waals surface area contributed by atoms with Crippen LogP contribution in [0.4, 0.5) is 4.39 Å². The lowest BCUT2D eigenvalue weighted by atomic mass is 10.1. The van der Waals surface area contributed by atoms with Crippen LogP contribution in [0.25, 0.3) is 10.9 Å². The molecule has 7 heteroatoms. The smallest absolute Gasteiger partial charge is 0.264 e. The van der Waals surface area contributed by atoms with Crippen molar-refractivity contribution >= 4 is 23.0 Å². The molecule has 0 N–H and O–H groups in total. The summed E-state index contributed by atoms with van der Waals surface area (Å²) >= 11 is 0. The Morgan fingerprint density at radius 3 is 2.57 bits per heavy atom. The maximum Gasteiger partial charge on any atom is 0.264 e. The van der Waals surface area contributed by atoms with Gasteiger partial charge in [-0.3, -0.25) is 14.4 Å². The molecule has 0 aliphatic rings. The number of carbonyl (C=O) groups excluding carboxylic acids is 2. The first kappa shape index (κ1) is 19.5. The molecule has 0 unspecified atom stereocenters. The number of nitrogens with zero attached hydrogens (tertiary/aromatic N) is 2. The third-order valence-electron chi connectivity index (χ3n) is 4.74. The van der Waals surface area contributed by atoms with E-state index in [-0.39, 0.29) is 35.8 Å². The van der Waals surface area contributed by atoms with Gasteiger partial charge in [0.25, 0.3) is 5.56 Å². The Morgan fingerprint density at radius 1 is 1.25 bits per heavy atom. The van der Waals surface area contributed by atoms with Crippen molar-refractivity contribution in [1.82, 2.24) is 9.13 Å². The molecular weight excluding hydrogens is 363 g/mol. The molecule has 0 fully saturated rings. The molecule has 3 aromatic rings. The van der Waals surface area contributed by atoms with Gasteiger partial charge in [0.1, 0.15) is 24.4 Å². The summed E-state index contributed by atoms with van der Waals surface area (Å²) in [4.78, 5) is 37.4. The number of aryl methyl sites for hydroxylation is 2. The molecule has 6 nitrogen and oxygen atoms in total. The van der Waals surface area contributed by atoms with Crippen LogP contribution in [0, 0.1) is 0 Å².